The largest absolute Gasteiger partial charge is 0.396 e. The van der Waals surface area contributed by atoms with Crippen LogP contribution >= 0.6 is 0 Å². The monoisotopic (exact) mass is 239 g/mol. The van der Waals surface area contributed by atoms with Crippen molar-refractivity contribution in [2.75, 3.05) is 6.61 Å². The SMILES string of the molecule is N#CCc1ccc(C(O)C(O)CCO)cc1F. The Hall–Kier alpha value is -1.48. The smallest absolute Gasteiger partial charge is 0.127 e. The first-order valence-corrected chi connectivity index (χ1v) is 5.22. The molecule has 0 bridgehead atoms. The Morgan fingerprint density at radius 2 is 2.06 bits per heavy atom. The molecule has 0 amide bonds. The summed E-state index contributed by atoms with van der Waals surface area (Å²) >= 11 is 0. The van der Waals surface area contributed by atoms with E-state index in [0.717, 1.165) is 6.07 Å². The molecule has 0 aliphatic rings. The van der Waals surface area contributed by atoms with Gasteiger partial charge in [0.05, 0.1) is 18.6 Å². The molecular formula is C12H14FNO3. The highest BCUT2D eigenvalue weighted by atomic mass is 19.1. The lowest BCUT2D eigenvalue weighted by Gasteiger charge is -2.17. The van der Waals surface area contributed by atoms with Gasteiger partial charge in [-0.15, -0.1) is 0 Å². The second-order valence-electron chi connectivity index (χ2n) is 3.71. The van der Waals surface area contributed by atoms with Crippen LogP contribution in [-0.2, 0) is 6.42 Å². The summed E-state index contributed by atoms with van der Waals surface area (Å²) in [4.78, 5) is 0. The number of nitrogens with zero attached hydrogens (tertiary/aromatic N) is 1. The number of nitriles is 1. The van der Waals surface area contributed by atoms with Crippen molar-refractivity contribution in [1.82, 2.24) is 0 Å². The summed E-state index contributed by atoms with van der Waals surface area (Å²) < 4.78 is 13.5. The number of benzene rings is 1. The molecule has 0 saturated carbocycles. The minimum atomic E-state index is -1.24. The van der Waals surface area contributed by atoms with Crippen LogP contribution in [0.15, 0.2) is 18.2 Å². The molecule has 1 rings (SSSR count). The molecule has 4 nitrogen and oxygen atoms in total. The summed E-state index contributed by atoms with van der Waals surface area (Å²) in [6.45, 7) is -0.257. The molecule has 0 radical (unpaired) electrons. The third-order valence-corrected chi connectivity index (χ3v) is 2.48. The summed E-state index contributed by atoms with van der Waals surface area (Å²) in [7, 11) is 0. The maximum absolute atomic E-state index is 13.5. The third kappa shape index (κ3) is 3.49. The van der Waals surface area contributed by atoms with Gasteiger partial charge in [-0.1, -0.05) is 12.1 Å². The number of aliphatic hydroxyl groups excluding tert-OH is 3. The summed E-state index contributed by atoms with van der Waals surface area (Å²) in [5.74, 6) is -0.584. The van der Waals surface area contributed by atoms with Crippen molar-refractivity contribution in [3.05, 3.63) is 35.1 Å². The molecule has 2 atom stereocenters. The molecule has 2 unspecified atom stereocenters. The van der Waals surface area contributed by atoms with E-state index in [1.165, 1.54) is 12.1 Å². The highest BCUT2D eigenvalue weighted by molar-refractivity contribution is 5.28. The van der Waals surface area contributed by atoms with Gasteiger partial charge in [0.1, 0.15) is 11.9 Å². The van der Waals surface area contributed by atoms with Gasteiger partial charge in [0, 0.05) is 12.2 Å². The van der Waals surface area contributed by atoms with Gasteiger partial charge in [-0.25, -0.2) is 4.39 Å². The van der Waals surface area contributed by atoms with Crippen molar-refractivity contribution in [3.8, 4) is 6.07 Å². The molecule has 92 valence electrons. The van der Waals surface area contributed by atoms with Gasteiger partial charge in [-0.3, -0.25) is 0 Å². The molecule has 0 aliphatic heterocycles. The maximum Gasteiger partial charge on any atom is 0.127 e. The number of halogens is 1. The molecule has 1 aromatic carbocycles. The summed E-state index contributed by atoms with van der Waals surface area (Å²) in [5, 5.41) is 36.2. The highest BCUT2D eigenvalue weighted by Crippen LogP contribution is 2.21. The zero-order chi connectivity index (χ0) is 12.8. The number of hydrogen-bond acceptors (Lipinski definition) is 4. The molecule has 5 heteroatoms. The van der Waals surface area contributed by atoms with E-state index >= 15 is 0 Å². The molecule has 0 aromatic heterocycles. The van der Waals surface area contributed by atoms with E-state index in [9.17, 15) is 14.6 Å². The fourth-order valence-electron chi connectivity index (χ4n) is 1.49. The first-order chi connectivity index (χ1) is 8.10. The molecule has 0 fully saturated rings. The van der Waals surface area contributed by atoms with Crippen LogP contribution in [0.25, 0.3) is 0 Å². The molecular weight excluding hydrogens is 225 g/mol. The van der Waals surface area contributed by atoms with Crippen LogP contribution < -0.4 is 0 Å². The average Bonchev–Trinajstić information content (AvgIpc) is 2.31. The summed E-state index contributed by atoms with van der Waals surface area (Å²) in [6.07, 6.45) is -2.40. The summed E-state index contributed by atoms with van der Waals surface area (Å²) in [5.41, 5.74) is 0.477. The molecule has 17 heavy (non-hydrogen) atoms. The van der Waals surface area contributed by atoms with E-state index in [4.69, 9.17) is 10.4 Å². The van der Waals surface area contributed by atoms with Crippen LogP contribution in [0.4, 0.5) is 4.39 Å². The fourth-order valence-corrected chi connectivity index (χ4v) is 1.49. The Morgan fingerprint density at radius 1 is 1.35 bits per heavy atom. The Labute approximate surface area is 98.6 Å². The van der Waals surface area contributed by atoms with Gasteiger partial charge in [0.25, 0.3) is 0 Å². The van der Waals surface area contributed by atoms with Crippen LogP contribution in [0.5, 0.6) is 0 Å². The quantitative estimate of drug-likeness (QED) is 0.705. The average molecular weight is 239 g/mol. The van der Waals surface area contributed by atoms with Crippen LogP contribution in [0.3, 0.4) is 0 Å². The van der Waals surface area contributed by atoms with Gasteiger partial charge in [0.15, 0.2) is 0 Å². The van der Waals surface area contributed by atoms with Gasteiger partial charge in [0.2, 0.25) is 0 Å². The molecule has 0 aliphatic carbocycles. The lowest BCUT2D eigenvalue weighted by Crippen LogP contribution is -2.19. The zero-order valence-electron chi connectivity index (χ0n) is 9.17. The minimum Gasteiger partial charge on any atom is -0.396 e. The van der Waals surface area contributed by atoms with Crippen LogP contribution in [0, 0.1) is 17.1 Å². The van der Waals surface area contributed by atoms with Gasteiger partial charge in [-0.05, 0) is 18.1 Å². The zero-order valence-corrected chi connectivity index (χ0v) is 9.17. The molecule has 0 spiro atoms. The lowest BCUT2D eigenvalue weighted by atomic mass is 10.00. The van der Waals surface area contributed by atoms with Crippen LogP contribution in [-0.4, -0.2) is 28.0 Å². The van der Waals surface area contributed by atoms with Crippen molar-refractivity contribution in [2.24, 2.45) is 0 Å². The second kappa shape index (κ2) is 6.30. The normalized spacial score (nSPS) is 14.1. The fraction of sp³-hybridized carbons (Fsp3) is 0.417. The lowest BCUT2D eigenvalue weighted by molar-refractivity contribution is 0.00407. The van der Waals surface area contributed by atoms with E-state index < -0.39 is 18.0 Å². The Bertz CT molecular complexity index is 417. The van der Waals surface area contributed by atoms with E-state index in [1.807, 2.05) is 6.07 Å². The Balaban J connectivity index is 2.86. The van der Waals surface area contributed by atoms with E-state index in [1.54, 1.807) is 0 Å². The van der Waals surface area contributed by atoms with E-state index in [2.05, 4.69) is 0 Å². The van der Waals surface area contributed by atoms with Crippen molar-refractivity contribution in [1.29, 1.82) is 5.26 Å². The van der Waals surface area contributed by atoms with E-state index in [0.29, 0.717) is 0 Å². The number of aliphatic hydroxyl groups is 3. The number of rotatable bonds is 5. The third-order valence-electron chi connectivity index (χ3n) is 2.48. The number of hydrogen-bond donors (Lipinski definition) is 3. The molecule has 0 heterocycles. The predicted octanol–water partition coefficient (Wildman–Crippen LogP) is 0.668. The van der Waals surface area contributed by atoms with Crippen LogP contribution in [0.2, 0.25) is 0 Å². The summed E-state index contributed by atoms with van der Waals surface area (Å²) in [6, 6.07) is 5.79. The first-order valence-electron chi connectivity index (χ1n) is 5.22. The van der Waals surface area contributed by atoms with Crippen molar-refractivity contribution >= 4 is 0 Å². The van der Waals surface area contributed by atoms with Crippen LogP contribution in [0.1, 0.15) is 23.7 Å². The second-order valence-corrected chi connectivity index (χ2v) is 3.71. The molecule has 1 aromatic rings. The van der Waals surface area contributed by atoms with Gasteiger partial charge >= 0.3 is 0 Å². The van der Waals surface area contributed by atoms with Gasteiger partial charge < -0.3 is 15.3 Å². The Morgan fingerprint density at radius 3 is 2.59 bits per heavy atom. The van der Waals surface area contributed by atoms with Crippen molar-refractivity contribution in [3.63, 3.8) is 0 Å². The molecule has 0 saturated heterocycles. The van der Waals surface area contributed by atoms with E-state index in [-0.39, 0.29) is 30.6 Å². The van der Waals surface area contributed by atoms with Gasteiger partial charge in [-0.2, -0.15) is 5.26 Å². The maximum atomic E-state index is 13.5. The topological polar surface area (TPSA) is 84.5 Å². The predicted molar refractivity (Wildman–Crippen MR) is 58.4 cm³/mol. The standard InChI is InChI=1S/C12H14FNO3/c13-10-7-9(2-1-8(10)3-5-14)12(17)11(16)4-6-15/h1-2,7,11-12,15-17H,3-4,6H2. The highest BCUT2D eigenvalue weighted by Gasteiger charge is 2.18. The first kappa shape index (κ1) is 13.6. The van der Waals surface area contributed by atoms with Crippen molar-refractivity contribution in [2.45, 2.75) is 25.0 Å². The Kier molecular flexibility index (Phi) is 5.04. The molecule has 3 N–H and O–H groups in total. The minimum absolute atomic E-state index is 0.0166. The van der Waals surface area contributed by atoms with Crippen molar-refractivity contribution < 1.29 is 19.7 Å².